The molecule has 0 aromatic heterocycles. The minimum Gasteiger partial charge on any atom is -0.310 e. The molecule has 0 bridgehead atoms. The second-order valence-corrected chi connectivity index (χ2v) is 26.7. The third kappa shape index (κ3) is 6.40. The fourth-order valence-corrected chi connectivity index (χ4v) is 10.1. The molecule has 0 amide bonds. The van der Waals surface area contributed by atoms with Crippen molar-refractivity contribution in [3.8, 4) is 6.07 Å². The molecule has 0 radical (unpaired) electrons. The fourth-order valence-electron chi connectivity index (χ4n) is 7.55. The predicted octanol–water partition coefficient (Wildman–Crippen LogP) is 12.8. The van der Waals surface area contributed by atoms with E-state index in [4.69, 9.17) is 12.6 Å². The molecule has 0 spiro atoms. The Bertz CT molecular complexity index is 2630. The normalized spacial score (nSPS) is 12.0. The summed E-state index contributed by atoms with van der Waals surface area (Å²) < 4.78 is 0. The van der Waals surface area contributed by atoms with Crippen LogP contribution >= 0.6 is 12.6 Å². The van der Waals surface area contributed by atoms with Gasteiger partial charge in [0.15, 0.2) is 0 Å². The standard InChI is InChI=1S/C47H43N3SSi2/c1-52(2,3)40-14-8-11-37(29-40)50(38-12-9-15-41(30-38)53(4,5)6)45-27-21-34-18-24-42-44(26-20-33-19-25-43(45)47(34)46(33)42)49(36-10-7-13-39(51)28-36)35-22-16-32(31-48)17-23-35/h7-30,51H,1-6H3. The summed E-state index contributed by atoms with van der Waals surface area (Å²) in [6.45, 7) is 14.5. The van der Waals surface area contributed by atoms with Gasteiger partial charge in [-0.05, 0) is 100 Å². The molecule has 0 fully saturated rings. The topological polar surface area (TPSA) is 30.3 Å². The van der Waals surface area contributed by atoms with Gasteiger partial charge in [-0.2, -0.15) is 5.26 Å². The molecule has 8 rings (SSSR count). The van der Waals surface area contributed by atoms with E-state index in [1.807, 2.05) is 36.4 Å². The lowest BCUT2D eigenvalue weighted by molar-refractivity contribution is 1.27. The number of nitrogens with zero attached hydrogens (tertiary/aromatic N) is 3. The largest absolute Gasteiger partial charge is 0.310 e. The number of nitriles is 1. The molecule has 53 heavy (non-hydrogen) atoms. The van der Waals surface area contributed by atoms with Gasteiger partial charge < -0.3 is 9.80 Å². The van der Waals surface area contributed by atoms with Crippen LogP contribution in [0.1, 0.15) is 5.56 Å². The van der Waals surface area contributed by atoms with E-state index in [9.17, 15) is 5.26 Å². The second-order valence-electron chi connectivity index (χ2n) is 16.0. The maximum Gasteiger partial charge on any atom is 0.0991 e. The predicted molar refractivity (Wildman–Crippen MR) is 237 cm³/mol. The van der Waals surface area contributed by atoms with E-state index in [0.717, 1.165) is 22.0 Å². The van der Waals surface area contributed by atoms with Crippen LogP contribution in [0.15, 0.2) is 150 Å². The number of hydrogen-bond donors (Lipinski definition) is 1. The van der Waals surface area contributed by atoms with Gasteiger partial charge in [0.2, 0.25) is 0 Å². The van der Waals surface area contributed by atoms with Crippen LogP contribution in [0.5, 0.6) is 0 Å². The summed E-state index contributed by atoms with van der Waals surface area (Å²) in [6.07, 6.45) is 0. The lowest BCUT2D eigenvalue weighted by Crippen LogP contribution is -2.38. The van der Waals surface area contributed by atoms with Gasteiger partial charge in [0.1, 0.15) is 0 Å². The molecule has 0 saturated heterocycles. The zero-order valence-corrected chi connectivity index (χ0v) is 34.0. The summed E-state index contributed by atoms with van der Waals surface area (Å²) in [5.74, 6) is 0. The van der Waals surface area contributed by atoms with Gasteiger partial charge in [0.25, 0.3) is 0 Å². The summed E-state index contributed by atoms with van der Waals surface area (Å²) in [4.78, 5) is 5.66. The number of thiol groups is 1. The molecule has 0 aliphatic rings. The Hall–Kier alpha value is -5.33. The minimum absolute atomic E-state index is 0.634. The Kier molecular flexibility index (Phi) is 8.70. The third-order valence-corrected chi connectivity index (χ3v) is 14.7. The van der Waals surface area contributed by atoms with E-state index in [1.54, 1.807) is 0 Å². The SMILES string of the molecule is C[Si](C)(C)c1cccc(N(c2cccc([Si](C)(C)C)c2)c2ccc3ccc4c(N(c5ccc(C#N)cc5)c5cccc(S)c5)ccc5ccc2c3c54)c1. The molecule has 6 heteroatoms. The molecule has 8 aromatic carbocycles. The van der Waals surface area contributed by atoms with Crippen LogP contribution in [0.4, 0.5) is 34.1 Å². The third-order valence-electron chi connectivity index (χ3n) is 10.4. The van der Waals surface area contributed by atoms with E-state index in [-0.39, 0.29) is 0 Å². The average molecular weight is 738 g/mol. The van der Waals surface area contributed by atoms with E-state index in [1.165, 1.54) is 59.8 Å². The lowest BCUT2D eigenvalue weighted by atomic mass is 9.91. The Morgan fingerprint density at radius 1 is 0.472 bits per heavy atom. The van der Waals surface area contributed by atoms with Crippen molar-refractivity contribution in [3.05, 3.63) is 151 Å². The summed E-state index contributed by atoms with van der Waals surface area (Å²) in [6, 6.07) is 55.1. The van der Waals surface area contributed by atoms with Crippen LogP contribution in [0.2, 0.25) is 39.3 Å². The number of benzene rings is 8. The first-order valence-electron chi connectivity index (χ1n) is 18.2. The van der Waals surface area contributed by atoms with Gasteiger partial charge in [-0.3, -0.25) is 0 Å². The highest BCUT2D eigenvalue weighted by atomic mass is 32.1. The number of hydrogen-bond acceptors (Lipinski definition) is 4. The van der Waals surface area contributed by atoms with Gasteiger partial charge >= 0.3 is 0 Å². The van der Waals surface area contributed by atoms with Crippen molar-refractivity contribution in [1.82, 2.24) is 0 Å². The maximum atomic E-state index is 9.57. The van der Waals surface area contributed by atoms with Crippen LogP contribution in [-0.2, 0) is 0 Å². The summed E-state index contributed by atoms with van der Waals surface area (Å²) in [7, 11) is -3.17. The van der Waals surface area contributed by atoms with Crippen molar-refractivity contribution in [2.24, 2.45) is 0 Å². The monoisotopic (exact) mass is 737 g/mol. The lowest BCUT2D eigenvalue weighted by Gasteiger charge is -2.31. The van der Waals surface area contributed by atoms with E-state index in [2.05, 4.69) is 164 Å². The molecule has 0 unspecified atom stereocenters. The Labute approximate surface area is 320 Å². The minimum atomic E-state index is -1.59. The Morgan fingerprint density at radius 3 is 1.36 bits per heavy atom. The van der Waals surface area contributed by atoms with Gasteiger partial charge in [-0.15, -0.1) is 12.6 Å². The first-order valence-corrected chi connectivity index (χ1v) is 25.7. The highest BCUT2D eigenvalue weighted by Gasteiger charge is 2.25. The highest BCUT2D eigenvalue weighted by Crippen LogP contribution is 2.47. The summed E-state index contributed by atoms with van der Waals surface area (Å²) in [5, 5.41) is 19.8. The molecule has 0 atom stereocenters. The first kappa shape index (κ1) is 34.7. The molecule has 3 nitrogen and oxygen atoms in total. The van der Waals surface area contributed by atoms with Crippen molar-refractivity contribution in [1.29, 1.82) is 5.26 Å². The first-order chi connectivity index (χ1) is 25.4. The quantitative estimate of drug-likeness (QED) is 0.0957. The Balaban J connectivity index is 1.40. The van der Waals surface area contributed by atoms with Gasteiger partial charge in [0.05, 0.1) is 39.2 Å². The van der Waals surface area contributed by atoms with Crippen molar-refractivity contribution in [2.45, 2.75) is 44.2 Å². The maximum absolute atomic E-state index is 9.57. The molecule has 260 valence electrons. The van der Waals surface area contributed by atoms with E-state index < -0.39 is 16.1 Å². The molecule has 0 aliphatic carbocycles. The van der Waals surface area contributed by atoms with Crippen LogP contribution in [-0.4, -0.2) is 16.1 Å². The molecule has 0 heterocycles. The molecule has 0 saturated carbocycles. The summed E-state index contributed by atoms with van der Waals surface area (Å²) >= 11 is 4.72. The zero-order chi connectivity index (χ0) is 37.1. The summed E-state index contributed by atoms with van der Waals surface area (Å²) in [5.41, 5.74) is 7.24. The van der Waals surface area contributed by atoms with Crippen molar-refractivity contribution in [2.75, 3.05) is 9.80 Å². The zero-order valence-electron chi connectivity index (χ0n) is 31.1. The molecule has 0 N–H and O–H groups in total. The molecule has 0 aliphatic heterocycles. The van der Waals surface area contributed by atoms with Crippen LogP contribution < -0.4 is 20.2 Å². The molecular weight excluding hydrogens is 695 g/mol. The van der Waals surface area contributed by atoms with Crippen molar-refractivity contribution in [3.63, 3.8) is 0 Å². The molecule has 8 aromatic rings. The number of anilines is 6. The smallest absolute Gasteiger partial charge is 0.0991 e. The van der Waals surface area contributed by atoms with E-state index >= 15 is 0 Å². The van der Waals surface area contributed by atoms with Gasteiger partial charge in [-0.25, -0.2) is 0 Å². The second kappa shape index (κ2) is 13.3. The van der Waals surface area contributed by atoms with Crippen LogP contribution in [0, 0.1) is 11.3 Å². The molecular formula is C47H43N3SSi2. The number of rotatable bonds is 8. The van der Waals surface area contributed by atoms with Crippen LogP contribution in [0.3, 0.4) is 0 Å². The average Bonchev–Trinajstić information content (AvgIpc) is 3.15. The fraction of sp³-hybridized carbons (Fsp3) is 0.128. The highest BCUT2D eigenvalue weighted by molar-refractivity contribution is 7.80. The van der Waals surface area contributed by atoms with Gasteiger partial charge in [0, 0.05) is 38.4 Å². The Morgan fingerprint density at radius 2 is 0.906 bits per heavy atom. The van der Waals surface area contributed by atoms with Crippen LogP contribution in [0.25, 0.3) is 32.3 Å². The van der Waals surface area contributed by atoms with Crippen molar-refractivity contribution >= 4 is 106 Å². The van der Waals surface area contributed by atoms with E-state index in [0.29, 0.717) is 5.56 Å². The van der Waals surface area contributed by atoms with Crippen molar-refractivity contribution < 1.29 is 0 Å². The van der Waals surface area contributed by atoms with Gasteiger partial charge in [-0.1, -0.05) is 116 Å².